The molecule has 54 valence electrons. The van der Waals surface area contributed by atoms with Gasteiger partial charge in [-0.1, -0.05) is 11.6 Å². The first kappa shape index (κ1) is 8.81. The summed E-state index contributed by atoms with van der Waals surface area (Å²) in [5.74, 6) is 0. The average Bonchev–Trinajstić information content (AvgIpc) is 1.63. The summed E-state index contributed by atoms with van der Waals surface area (Å²) in [4.78, 5) is 0. The van der Waals surface area contributed by atoms with Crippen molar-refractivity contribution in [3.8, 4) is 0 Å². The minimum absolute atomic E-state index is 0.450. The van der Waals surface area contributed by atoms with Gasteiger partial charge in [0, 0.05) is 6.54 Å². The molecule has 0 heterocycles. The van der Waals surface area contributed by atoms with E-state index in [1.807, 2.05) is 19.9 Å². The predicted octanol–water partition coefficient (Wildman–Crippen LogP) is 0.679. The van der Waals surface area contributed by atoms with Gasteiger partial charge >= 0.3 is 0 Å². The topological polar surface area (TPSA) is 49.3 Å². The predicted molar refractivity (Wildman–Crippen MR) is 38.2 cm³/mol. The summed E-state index contributed by atoms with van der Waals surface area (Å²) in [5, 5.41) is 0. The summed E-state index contributed by atoms with van der Waals surface area (Å²) >= 11 is -1.88. The Hall–Kier alpha value is -0.190. The first-order valence-electron chi connectivity index (χ1n) is 2.60. The Morgan fingerprint density at radius 2 is 2.33 bits per heavy atom. The summed E-state index contributed by atoms with van der Waals surface area (Å²) in [6.07, 6.45) is 1.84. The van der Waals surface area contributed by atoms with Crippen molar-refractivity contribution in [3.05, 3.63) is 11.6 Å². The van der Waals surface area contributed by atoms with Crippen LogP contribution >= 0.6 is 0 Å². The van der Waals surface area contributed by atoms with Gasteiger partial charge in [0.05, 0.1) is 0 Å². The molecule has 4 heteroatoms. The minimum Gasteiger partial charge on any atom is -0.294 e. The lowest BCUT2D eigenvalue weighted by atomic mass is 10.3. The molecule has 0 amide bonds. The molecule has 0 aliphatic carbocycles. The van der Waals surface area contributed by atoms with Crippen LogP contribution in [0.4, 0.5) is 0 Å². The highest BCUT2D eigenvalue weighted by molar-refractivity contribution is 7.77. The standard InChI is InChI=1S/C5H11NO2S/c1-5(2)3-4-6-9(7)8/h3,6H,4H2,1-2H3,(H,7,8). The molecule has 0 saturated carbocycles. The van der Waals surface area contributed by atoms with E-state index in [9.17, 15) is 4.21 Å². The molecule has 3 nitrogen and oxygen atoms in total. The highest BCUT2D eigenvalue weighted by Crippen LogP contribution is 1.84. The van der Waals surface area contributed by atoms with E-state index in [0.717, 1.165) is 5.57 Å². The van der Waals surface area contributed by atoms with Crippen LogP contribution in [0.3, 0.4) is 0 Å². The van der Waals surface area contributed by atoms with Crippen molar-refractivity contribution < 1.29 is 8.76 Å². The van der Waals surface area contributed by atoms with Crippen molar-refractivity contribution in [3.63, 3.8) is 0 Å². The van der Waals surface area contributed by atoms with Crippen LogP contribution in [-0.2, 0) is 11.3 Å². The second-order valence-corrected chi connectivity index (χ2v) is 2.67. The summed E-state index contributed by atoms with van der Waals surface area (Å²) in [5.41, 5.74) is 1.13. The van der Waals surface area contributed by atoms with Crippen LogP contribution in [0.25, 0.3) is 0 Å². The fraction of sp³-hybridized carbons (Fsp3) is 0.600. The largest absolute Gasteiger partial charge is 0.294 e. The van der Waals surface area contributed by atoms with Gasteiger partial charge in [-0.15, -0.1) is 0 Å². The lowest BCUT2D eigenvalue weighted by Gasteiger charge is -1.92. The van der Waals surface area contributed by atoms with Crippen molar-refractivity contribution >= 4 is 11.3 Å². The number of rotatable bonds is 3. The van der Waals surface area contributed by atoms with E-state index in [4.69, 9.17) is 4.55 Å². The van der Waals surface area contributed by atoms with Gasteiger partial charge in [-0.3, -0.25) is 4.55 Å². The van der Waals surface area contributed by atoms with E-state index in [0.29, 0.717) is 6.54 Å². The molecule has 0 fully saturated rings. The summed E-state index contributed by atoms with van der Waals surface area (Å²) < 4.78 is 20.5. The lowest BCUT2D eigenvalue weighted by molar-refractivity contribution is 0.553. The molecule has 0 aliphatic rings. The van der Waals surface area contributed by atoms with E-state index in [2.05, 4.69) is 4.72 Å². The molecule has 1 unspecified atom stereocenters. The molecule has 9 heavy (non-hydrogen) atoms. The quantitative estimate of drug-likeness (QED) is 0.458. The van der Waals surface area contributed by atoms with Crippen LogP contribution in [0.2, 0.25) is 0 Å². The number of hydrogen-bond acceptors (Lipinski definition) is 1. The van der Waals surface area contributed by atoms with Crippen molar-refractivity contribution in [2.75, 3.05) is 6.54 Å². The highest BCUT2D eigenvalue weighted by Gasteiger charge is 1.85. The Morgan fingerprint density at radius 3 is 2.67 bits per heavy atom. The van der Waals surface area contributed by atoms with E-state index in [-0.39, 0.29) is 0 Å². The highest BCUT2D eigenvalue weighted by atomic mass is 32.2. The number of allylic oxidation sites excluding steroid dienone is 1. The van der Waals surface area contributed by atoms with Crippen molar-refractivity contribution in [2.45, 2.75) is 13.8 Å². The molecule has 2 N–H and O–H groups in total. The Bertz CT molecular complexity index is 129. The molecule has 0 bridgehead atoms. The fourth-order valence-electron chi connectivity index (χ4n) is 0.317. The van der Waals surface area contributed by atoms with Crippen LogP contribution in [0.1, 0.15) is 13.8 Å². The van der Waals surface area contributed by atoms with Gasteiger partial charge in [-0.05, 0) is 13.8 Å². The Kier molecular flexibility index (Phi) is 4.57. The second kappa shape index (κ2) is 4.67. The van der Waals surface area contributed by atoms with Gasteiger partial charge in [0.15, 0.2) is 0 Å². The number of hydrogen-bond donors (Lipinski definition) is 2. The van der Waals surface area contributed by atoms with E-state index in [1.165, 1.54) is 0 Å². The molecule has 0 aromatic carbocycles. The lowest BCUT2D eigenvalue weighted by Crippen LogP contribution is -2.15. The van der Waals surface area contributed by atoms with Crippen LogP contribution in [-0.4, -0.2) is 15.3 Å². The third-order valence-electron chi connectivity index (χ3n) is 0.717. The third kappa shape index (κ3) is 7.81. The van der Waals surface area contributed by atoms with Crippen LogP contribution in [0, 0.1) is 0 Å². The molecule has 0 aromatic heterocycles. The first-order valence-corrected chi connectivity index (χ1v) is 3.71. The van der Waals surface area contributed by atoms with Crippen LogP contribution in [0.15, 0.2) is 11.6 Å². The molecular weight excluding hydrogens is 138 g/mol. The van der Waals surface area contributed by atoms with Crippen LogP contribution < -0.4 is 4.72 Å². The van der Waals surface area contributed by atoms with Gasteiger partial charge in [0.2, 0.25) is 11.3 Å². The van der Waals surface area contributed by atoms with Crippen molar-refractivity contribution in [2.24, 2.45) is 0 Å². The van der Waals surface area contributed by atoms with Crippen LogP contribution in [0.5, 0.6) is 0 Å². The zero-order valence-corrected chi connectivity index (χ0v) is 6.36. The van der Waals surface area contributed by atoms with E-state index in [1.54, 1.807) is 0 Å². The smallest absolute Gasteiger partial charge is 0.232 e. The molecule has 0 aromatic rings. The van der Waals surface area contributed by atoms with Gasteiger partial charge in [-0.25, -0.2) is 8.93 Å². The Labute approximate surface area is 57.6 Å². The molecule has 1 atom stereocenters. The third-order valence-corrected chi connectivity index (χ3v) is 1.13. The molecule has 0 rings (SSSR count). The SMILES string of the molecule is CC(C)=CCNS(=O)O. The molecule has 0 spiro atoms. The Morgan fingerprint density at radius 1 is 1.78 bits per heavy atom. The monoisotopic (exact) mass is 149 g/mol. The molecule has 0 radical (unpaired) electrons. The summed E-state index contributed by atoms with van der Waals surface area (Å²) in [7, 11) is 0. The zero-order valence-electron chi connectivity index (χ0n) is 5.55. The van der Waals surface area contributed by atoms with Crippen molar-refractivity contribution in [1.29, 1.82) is 0 Å². The fourth-order valence-corrected chi connectivity index (χ4v) is 0.543. The maximum atomic E-state index is 9.95. The van der Waals surface area contributed by atoms with Gasteiger partial charge in [0.1, 0.15) is 0 Å². The number of nitrogens with one attached hydrogen (secondary N) is 1. The maximum absolute atomic E-state index is 9.95. The van der Waals surface area contributed by atoms with Gasteiger partial charge < -0.3 is 0 Å². The molecule has 0 aliphatic heterocycles. The zero-order chi connectivity index (χ0) is 7.28. The van der Waals surface area contributed by atoms with Gasteiger partial charge in [-0.2, -0.15) is 0 Å². The van der Waals surface area contributed by atoms with E-state index < -0.39 is 11.3 Å². The summed E-state index contributed by atoms with van der Waals surface area (Å²) in [6.45, 7) is 4.31. The average molecular weight is 149 g/mol. The Balaban J connectivity index is 3.31. The normalized spacial score (nSPS) is 12.8. The van der Waals surface area contributed by atoms with Gasteiger partial charge in [0.25, 0.3) is 0 Å². The second-order valence-electron chi connectivity index (χ2n) is 1.88. The van der Waals surface area contributed by atoms with Crippen molar-refractivity contribution in [1.82, 2.24) is 4.72 Å². The summed E-state index contributed by atoms with van der Waals surface area (Å²) in [6, 6.07) is 0. The van der Waals surface area contributed by atoms with E-state index >= 15 is 0 Å². The molecular formula is C5H11NO2S. The first-order chi connectivity index (χ1) is 4.13. The minimum atomic E-state index is -1.88. The maximum Gasteiger partial charge on any atom is 0.232 e. The molecule has 0 saturated heterocycles.